The molecule has 0 bridgehead atoms. The largest absolute Gasteiger partial charge is 0.480 e. The Labute approximate surface area is 98.2 Å². The molecule has 0 aromatic heterocycles. The maximum absolute atomic E-state index is 10.5. The van der Waals surface area contributed by atoms with Gasteiger partial charge in [-0.1, -0.05) is 26.2 Å². The molecule has 4 heteroatoms. The van der Waals surface area contributed by atoms with Crippen LogP contribution in [0.4, 0.5) is 0 Å². The van der Waals surface area contributed by atoms with Crippen molar-refractivity contribution in [3.8, 4) is 0 Å². The summed E-state index contributed by atoms with van der Waals surface area (Å²) >= 11 is 0. The summed E-state index contributed by atoms with van der Waals surface area (Å²) in [5, 5.41) is 8.68. The Morgan fingerprint density at radius 3 is 2.25 bits per heavy atom. The number of hydrogen-bond donors (Lipinski definition) is 1. The summed E-state index contributed by atoms with van der Waals surface area (Å²) in [6.45, 7) is 7.47. The fraction of sp³-hybridized carbons (Fsp3) is 0.917. The van der Waals surface area contributed by atoms with E-state index in [1.165, 1.54) is 32.2 Å². The van der Waals surface area contributed by atoms with E-state index in [1.807, 2.05) is 4.90 Å². The highest BCUT2D eigenvalue weighted by atomic mass is 16.4. The highest BCUT2D eigenvalue weighted by Gasteiger charge is 2.17. The monoisotopic (exact) mass is 228 g/mol. The molecule has 1 fully saturated rings. The van der Waals surface area contributed by atoms with Crippen LogP contribution in [0.2, 0.25) is 0 Å². The molecule has 1 aliphatic rings. The standard InChI is InChI=1S/C12H24N2O2/c1-2-3-4-5-6-13-7-9-14(10-8-13)11-12(15)16/h2-11H2,1H3,(H,15,16). The van der Waals surface area contributed by atoms with E-state index in [1.54, 1.807) is 0 Å². The Hall–Kier alpha value is -0.610. The maximum atomic E-state index is 10.5. The van der Waals surface area contributed by atoms with Crippen molar-refractivity contribution >= 4 is 5.97 Å². The Morgan fingerprint density at radius 1 is 1.06 bits per heavy atom. The predicted molar refractivity (Wildman–Crippen MR) is 64.7 cm³/mol. The van der Waals surface area contributed by atoms with E-state index in [-0.39, 0.29) is 6.54 Å². The van der Waals surface area contributed by atoms with E-state index in [0.29, 0.717) is 0 Å². The van der Waals surface area contributed by atoms with Crippen LogP contribution in [-0.4, -0.2) is 60.1 Å². The summed E-state index contributed by atoms with van der Waals surface area (Å²) in [4.78, 5) is 15.0. The van der Waals surface area contributed by atoms with Gasteiger partial charge in [-0.25, -0.2) is 0 Å². The zero-order chi connectivity index (χ0) is 11.8. The summed E-state index contributed by atoms with van der Waals surface area (Å²) in [5.74, 6) is -0.712. The number of hydrogen-bond acceptors (Lipinski definition) is 3. The maximum Gasteiger partial charge on any atom is 0.317 e. The van der Waals surface area contributed by atoms with Crippen LogP contribution in [0.3, 0.4) is 0 Å². The molecule has 1 N–H and O–H groups in total. The van der Waals surface area contributed by atoms with Crippen LogP contribution in [0.25, 0.3) is 0 Å². The lowest BCUT2D eigenvalue weighted by molar-refractivity contribution is -0.138. The number of piperazine rings is 1. The minimum absolute atomic E-state index is 0.198. The average molecular weight is 228 g/mol. The van der Waals surface area contributed by atoms with E-state index < -0.39 is 5.97 Å². The van der Waals surface area contributed by atoms with Crippen LogP contribution in [0, 0.1) is 0 Å². The summed E-state index contributed by atoms with van der Waals surface area (Å²) in [6.07, 6.45) is 5.23. The molecule has 0 aliphatic carbocycles. The van der Waals surface area contributed by atoms with Gasteiger partial charge >= 0.3 is 5.97 Å². The zero-order valence-corrected chi connectivity index (χ0v) is 10.3. The predicted octanol–water partition coefficient (Wildman–Crippen LogP) is 1.27. The molecule has 0 amide bonds. The lowest BCUT2D eigenvalue weighted by Gasteiger charge is -2.33. The second-order valence-electron chi connectivity index (χ2n) is 4.57. The van der Waals surface area contributed by atoms with Gasteiger partial charge in [0, 0.05) is 26.2 Å². The smallest absolute Gasteiger partial charge is 0.317 e. The first-order valence-corrected chi connectivity index (χ1v) is 6.39. The van der Waals surface area contributed by atoms with Gasteiger partial charge in [-0.2, -0.15) is 0 Å². The molecular weight excluding hydrogens is 204 g/mol. The van der Waals surface area contributed by atoms with Gasteiger partial charge in [0.2, 0.25) is 0 Å². The number of carboxylic acid groups (broad SMARTS) is 1. The second kappa shape index (κ2) is 7.63. The van der Waals surface area contributed by atoms with Gasteiger partial charge < -0.3 is 10.0 Å². The third-order valence-electron chi connectivity index (χ3n) is 3.15. The minimum Gasteiger partial charge on any atom is -0.480 e. The molecule has 0 radical (unpaired) electrons. The number of nitrogens with zero attached hydrogens (tertiary/aromatic N) is 2. The number of carboxylic acids is 1. The molecule has 1 aliphatic heterocycles. The molecule has 1 heterocycles. The van der Waals surface area contributed by atoms with Gasteiger partial charge in [0.15, 0.2) is 0 Å². The summed E-state index contributed by atoms with van der Waals surface area (Å²) < 4.78 is 0. The number of unbranched alkanes of at least 4 members (excludes halogenated alkanes) is 3. The van der Waals surface area contributed by atoms with Crippen molar-refractivity contribution < 1.29 is 9.90 Å². The summed E-state index contributed by atoms with van der Waals surface area (Å²) in [6, 6.07) is 0. The normalized spacial score (nSPS) is 18.8. The molecule has 0 spiro atoms. The van der Waals surface area contributed by atoms with Crippen molar-refractivity contribution in [3.63, 3.8) is 0 Å². The molecule has 1 rings (SSSR count). The van der Waals surface area contributed by atoms with Crippen LogP contribution in [-0.2, 0) is 4.79 Å². The number of aliphatic carboxylic acids is 1. The molecule has 0 unspecified atom stereocenters. The van der Waals surface area contributed by atoms with Crippen LogP contribution in [0.5, 0.6) is 0 Å². The molecule has 1 saturated heterocycles. The highest BCUT2D eigenvalue weighted by molar-refractivity contribution is 5.69. The first-order chi connectivity index (χ1) is 7.72. The highest BCUT2D eigenvalue weighted by Crippen LogP contribution is 2.05. The molecule has 0 aromatic rings. The first-order valence-electron chi connectivity index (χ1n) is 6.39. The lowest BCUT2D eigenvalue weighted by atomic mass is 10.2. The van der Waals surface area contributed by atoms with Crippen molar-refractivity contribution in [3.05, 3.63) is 0 Å². The van der Waals surface area contributed by atoms with Crippen molar-refractivity contribution in [2.45, 2.75) is 32.6 Å². The Morgan fingerprint density at radius 2 is 1.69 bits per heavy atom. The topological polar surface area (TPSA) is 43.8 Å². The van der Waals surface area contributed by atoms with Crippen molar-refractivity contribution in [2.75, 3.05) is 39.3 Å². The molecule has 0 atom stereocenters. The molecule has 0 saturated carbocycles. The second-order valence-corrected chi connectivity index (χ2v) is 4.57. The fourth-order valence-electron chi connectivity index (χ4n) is 2.12. The van der Waals surface area contributed by atoms with Crippen LogP contribution < -0.4 is 0 Å². The van der Waals surface area contributed by atoms with Crippen molar-refractivity contribution in [1.29, 1.82) is 0 Å². The van der Waals surface area contributed by atoms with Crippen LogP contribution in [0.15, 0.2) is 0 Å². The van der Waals surface area contributed by atoms with Gasteiger partial charge in [0.1, 0.15) is 0 Å². The molecule has 16 heavy (non-hydrogen) atoms. The summed E-state index contributed by atoms with van der Waals surface area (Å²) in [5.41, 5.74) is 0. The zero-order valence-electron chi connectivity index (χ0n) is 10.3. The SMILES string of the molecule is CCCCCCN1CCN(CC(=O)O)CC1. The number of rotatable bonds is 7. The lowest BCUT2D eigenvalue weighted by Crippen LogP contribution is -2.48. The van der Waals surface area contributed by atoms with Gasteiger partial charge in [0.25, 0.3) is 0 Å². The Bertz CT molecular complexity index is 201. The van der Waals surface area contributed by atoms with E-state index in [2.05, 4.69) is 11.8 Å². The Balaban J connectivity index is 2.05. The fourth-order valence-corrected chi connectivity index (χ4v) is 2.12. The van der Waals surface area contributed by atoms with Crippen molar-refractivity contribution in [1.82, 2.24) is 9.80 Å². The van der Waals surface area contributed by atoms with E-state index in [4.69, 9.17) is 5.11 Å². The van der Waals surface area contributed by atoms with Gasteiger partial charge in [0.05, 0.1) is 6.54 Å². The van der Waals surface area contributed by atoms with E-state index in [9.17, 15) is 4.79 Å². The van der Waals surface area contributed by atoms with Gasteiger partial charge in [-0.05, 0) is 13.0 Å². The van der Waals surface area contributed by atoms with Gasteiger partial charge in [-0.3, -0.25) is 9.69 Å². The van der Waals surface area contributed by atoms with E-state index in [0.717, 1.165) is 26.2 Å². The van der Waals surface area contributed by atoms with E-state index >= 15 is 0 Å². The Kier molecular flexibility index (Phi) is 6.42. The first kappa shape index (κ1) is 13.5. The third-order valence-corrected chi connectivity index (χ3v) is 3.15. The van der Waals surface area contributed by atoms with Crippen LogP contribution >= 0.6 is 0 Å². The average Bonchev–Trinajstić information content (AvgIpc) is 2.26. The molecule has 4 nitrogen and oxygen atoms in total. The molecule has 0 aromatic carbocycles. The quantitative estimate of drug-likeness (QED) is 0.666. The molecular formula is C12H24N2O2. The van der Waals surface area contributed by atoms with Crippen molar-refractivity contribution in [2.24, 2.45) is 0 Å². The van der Waals surface area contributed by atoms with Crippen LogP contribution in [0.1, 0.15) is 32.6 Å². The third kappa shape index (κ3) is 5.47. The van der Waals surface area contributed by atoms with Gasteiger partial charge in [-0.15, -0.1) is 0 Å². The summed E-state index contributed by atoms with van der Waals surface area (Å²) in [7, 11) is 0. The minimum atomic E-state index is -0.712. The number of carbonyl (C=O) groups is 1. The molecule has 94 valence electrons.